The summed E-state index contributed by atoms with van der Waals surface area (Å²) in [4.78, 5) is 14.9. The van der Waals surface area contributed by atoms with Crippen molar-refractivity contribution < 1.29 is 4.74 Å². The topological polar surface area (TPSA) is 63.2 Å². The second-order valence-electron chi connectivity index (χ2n) is 4.83. The molecule has 1 saturated heterocycles. The number of halogens is 1. The standard InChI is InChI=1S/C14H16BrN5O/c1-21-13-7-12(17-9-18-13)19-10-4-6-20(8-10)14-11(15)3-2-5-16-14/h2-3,5,7,9-10H,4,6,8H2,1H3,(H,17,18,19). The lowest BCUT2D eigenvalue weighted by Crippen LogP contribution is -2.27. The fourth-order valence-electron chi connectivity index (χ4n) is 2.42. The van der Waals surface area contributed by atoms with Crippen molar-refractivity contribution in [3.8, 4) is 5.88 Å². The van der Waals surface area contributed by atoms with Gasteiger partial charge in [0.15, 0.2) is 0 Å². The summed E-state index contributed by atoms with van der Waals surface area (Å²) in [6, 6.07) is 6.07. The number of aromatic nitrogens is 3. The first-order valence-electron chi connectivity index (χ1n) is 6.74. The van der Waals surface area contributed by atoms with Crippen LogP contribution in [-0.4, -0.2) is 41.2 Å². The van der Waals surface area contributed by atoms with Gasteiger partial charge in [-0.1, -0.05) is 0 Å². The molecule has 21 heavy (non-hydrogen) atoms. The van der Waals surface area contributed by atoms with Crippen molar-refractivity contribution >= 4 is 27.6 Å². The molecule has 6 nitrogen and oxygen atoms in total. The maximum atomic E-state index is 5.11. The van der Waals surface area contributed by atoms with Gasteiger partial charge in [-0.2, -0.15) is 0 Å². The number of nitrogens with one attached hydrogen (secondary N) is 1. The molecule has 1 atom stereocenters. The molecule has 1 aliphatic heterocycles. The van der Waals surface area contributed by atoms with Gasteiger partial charge in [-0.25, -0.2) is 15.0 Å². The highest BCUT2D eigenvalue weighted by Gasteiger charge is 2.24. The second kappa shape index (κ2) is 6.26. The number of ether oxygens (including phenoxy) is 1. The molecule has 0 bridgehead atoms. The van der Waals surface area contributed by atoms with Crippen LogP contribution in [0.2, 0.25) is 0 Å². The average molecular weight is 350 g/mol. The Labute approximate surface area is 131 Å². The molecule has 1 N–H and O–H groups in total. The molecule has 1 fully saturated rings. The molecule has 0 radical (unpaired) electrons. The zero-order valence-electron chi connectivity index (χ0n) is 11.7. The van der Waals surface area contributed by atoms with Crippen molar-refractivity contribution in [3.63, 3.8) is 0 Å². The molecular weight excluding hydrogens is 334 g/mol. The molecule has 7 heteroatoms. The van der Waals surface area contributed by atoms with Crippen molar-refractivity contribution in [3.05, 3.63) is 35.2 Å². The molecule has 2 aromatic rings. The number of anilines is 2. The lowest BCUT2D eigenvalue weighted by atomic mass is 10.2. The Hall–Kier alpha value is -1.89. The molecule has 110 valence electrons. The number of methoxy groups -OCH3 is 1. The average Bonchev–Trinajstić information content (AvgIpc) is 2.96. The quantitative estimate of drug-likeness (QED) is 0.913. The summed E-state index contributed by atoms with van der Waals surface area (Å²) in [5.41, 5.74) is 0. The third-order valence-electron chi connectivity index (χ3n) is 3.43. The molecule has 0 aromatic carbocycles. The first kappa shape index (κ1) is 14.1. The highest BCUT2D eigenvalue weighted by molar-refractivity contribution is 9.10. The Balaban J connectivity index is 1.66. The second-order valence-corrected chi connectivity index (χ2v) is 5.68. The van der Waals surface area contributed by atoms with Crippen molar-refractivity contribution in [1.29, 1.82) is 0 Å². The zero-order chi connectivity index (χ0) is 14.7. The van der Waals surface area contributed by atoms with Crippen LogP contribution in [0.25, 0.3) is 0 Å². The summed E-state index contributed by atoms with van der Waals surface area (Å²) < 4.78 is 6.13. The highest BCUT2D eigenvalue weighted by atomic mass is 79.9. The first-order chi connectivity index (χ1) is 10.3. The normalized spacial score (nSPS) is 17.8. The van der Waals surface area contributed by atoms with Crippen LogP contribution in [0.5, 0.6) is 5.88 Å². The van der Waals surface area contributed by atoms with E-state index in [-0.39, 0.29) is 0 Å². The smallest absolute Gasteiger partial charge is 0.218 e. The highest BCUT2D eigenvalue weighted by Crippen LogP contribution is 2.27. The third-order valence-corrected chi connectivity index (χ3v) is 4.05. The van der Waals surface area contributed by atoms with Crippen LogP contribution >= 0.6 is 15.9 Å². The van der Waals surface area contributed by atoms with Gasteiger partial charge in [-0.15, -0.1) is 0 Å². The van der Waals surface area contributed by atoms with E-state index in [0.717, 1.165) is 35.6 Å². The van der Waals surface area contributed by atoms with Crippen LogP contribution in [0, 0.1) is 0 Å². The number of nitrogens with zero attached hydrogens (tertiary/aromatic N) is 4. The van der Waals surface area contributed by atoms with Gasteiger partial charge < -0.3 is 15.0 Å². The SMILES string of the molecule is COc1cc(NC2CCN(c3ncccc3Br)C2)ncn1. The molecule has 2 aromatic heterocycles. The summed E-state index contributed by atoms with van der Waals surface area (Å²) >= 11 is 3.55. The Bertz CT molecular complexity index is 624. The van der Waals surface area contributed by atoms with Gasteiger partial charge >= 0.3 is 0 Å². The Morgan fingerprint density at radius 1 is 1.38 bits per heavy atom. The van der Waals surface area contributed by atoms with E-state index in [1.165, 1.54) is 6.33 Å². The van der Waals surface area contributed by atoms with Crippen LogP contribution in [0.4, 0.5) is 11.6 Å². The molecule has 0 aliphatic carbocycles. The molecule has 0 spiro atoms. The maximum absolute atomic E-state index is 5.11. The van der Waals surface area contributed by atoms with E-state index in [2.05, 4.69) is 41.1 Å². The Morgan fingerprint density at radius 2 is 2.29 bits per heavy atom. The monoisotopic (exact) mass is 349 g/mol. The number of hydrogen-bond donors (Lipinski definition) is 1. The number of hydrogen-bond acceptors (Lipinski definition) is 6. The minimum absolute atomic E-state index is 0.332. The lowest BCUT2D eigenvalue weighted by molar-refractivity contribution is 0.397. The fourth-order valence-corrected chi connectivity index (χ4v) is 2.93. The van der Waals surface area contributed by atoms with Crippen LogP contribution < -0.4 is 15.0 Å². The predicted octanol–water partition coefficient (Wildman–Crippen LogP) is 2.33. The zero-order valence-corrected chi connectivity index (χ0v) is 13.2. The van der Waals surface area contributed by atoms with E-state index < -0.39 is 0 Å². The van der Waals surface area contributed by atoms with Crippen molar-refractivity contribution in [2.24, 2.45) is 0 Å². The van der Waals surface area contributed by atoms with E-state index in [9.17, 15) is 0 Å². The summed E-state index contributed by atoms with van der Waals surface area (Å²) in [6.45, 7) is 1.86. The summed E-state index contributed by atoms with van der Waals surface area (Å²) in [5.74, 6) is 2.34. The minimum Gasteiger partial charge on any atom is -0.481 e. The molecule has 3 heterocycles. The summed E-state index contributed by atoms with van der Waals surface area (Å²) in [6.07, 6.45) is 4.36. The van der Waals surface area contributed by atoms with Crippen LogP contribution in [0.15, 0.2) is 35.2 Å². The summed E-state index contributed by atoms with van der Waals surface area (Å²) in [5, 5.41) is 3.42. The largest absolute Gasteiger partial charge is 0.481 e. The third kappa shape index (κ3) is 3.24. The van der Waals surface area contributed by atoms with Crippen LogP contribution in [0.1, 0.15) is 6.42 Å². The van der Waals surface area contributed by atoms with Gasteiger partial charge in [-0.05, 0) is 34.5 Å². The van der Waals surface area contributed by atoms with E-state index >= 15 is 0 Å². The molecule has 0 amide bonds. The van der Waals surface area contributed by atoms with E-state index in [1.807, 2.05) is 18.3 Å². The van der Waals surface area contributed by atoms with Gasteiger partial charge in [0.2, 0.25) is 5.88 Å². The minimum atomic E-state index is 0.332. The molecule has 1 aliphatic rings. The number of rotatable bonds is 4. The predicted molar refractivity (Wildman–Crippen MR) is 84.8 cm³/mol. The Morgan fingerprint density at radius 3 is 3.10 bits per heavy atom. The van der Waals surface area contributed by atoms with Gasteiger partial charge in [0.1, 0.15) is 18.0 Å². The first-order valence-corrected chi connectivity index (χ1v) is 7.53. The van der Waals surface area contributed by atoms with Crippen LogP contribution in [-0.2, 0) is 0 Å². The van der Waals surface area contributed by atoms with Crippen LogP contribution in [0.3, 0.4) is 0 Å². The molecule has 1 unspecified atom stereocenters. The van der Waals surface area contributed by atoms with Crippen molar-refractivity contribution in [2.45, 2.75) is 12.5 Å². The lowest BCUT2D eigenvalue weighted by Gasteiger charge is -2.19. The molecular formula is C14H16BrN5O. The van der Waals surface area contributed by atoms with Gasteiger partial charge in [0, 0.05) is 31.4 Å². The maximum Gasteiger partial charge on any atom is 0.218 e. The summed E-state index contributed by atoms with van der Waals surface area (Å²) in [7, 11) is 1.60. The fraction of sp³-hybridized carbons (Fsp3) is 0.357. The Kier molecular flexibility index (Phi) is 4.19. The van der Waals surface area contributed by atoms with E-state index in [0.29, 0.717) is 11.9 Å². The molecule has 0 saturated carbocycles. The van der Waals surface area contributed by atoms with Gasteiger partial charge in [0.25, 0.3) is 0 Å². The van der Waals surface area contributed by atoms with E-state index in [4.69, 9.17) is 4.74 Å². The van der Waals surface area contributed by atoms with Crippen molar-refractivity contribution in [2.75, 3.05) is 30.4 Å². The van der Waals surface area contributed by atoms with Gasteiger partial charge in [-0.3, -0.25) is 0 Å². The number of pyridine rings is 1. The van der Waals surface area contributed by atoms with Gasteiger partial charge in [0.05, 0.1) is 11.6 Å². The molecule has 3 rings (SSSR count). The van der Waals surface area contributed by atoms with Crippen molar-refractivity contribution in [1.82, 2.24) is 15.0 Å². The van der Waals surface area contributed by atoms with E-state index in [1.54, 1.807) is 13.2 Å².